The second kappa shape index (κ2) is 7.32. The van der Waals surface area contributed by atoms with Gasteiger partial charge in [-0.3, -0.25) is 9.59 Å². The molecule has 0 aliphatic heterocycles. The minimum absolute atomic E-state index is 0.125. The highest BCUT2D eigenvalue weighted by atomic mass is 32.2. The largest absolute Gasteiger partial charge is 0.481 e. The molecule has 0 spiro atoms. The molecule has 0 rings (SSSR count). The van der Waals surface area contributed by atoms with E-state index in [-0.39, 0.29) is 25.3 Å². The van der Waals surface area contributed by atoms with Gasteiger partial charge in [-0.2, -0.15) is 0 Å². The number of ether oxygens (including phenoxy) is 1. The Hall–Kier alpha value is -1.15. The number of carbonyl (C=O) groups is 2. The second-order valence-electron chi connectivity index (χ2n) is 3.89. The van der Waals surface area contributed by atoms with Crippen molar-refractivity contribution in [2.24, 2.45) is 5.92 Å². The van der Waals surface area contributed by atoms with Crippen molar-refractivity contribution < 1.29 is 27.9 Å². The first kappa shape index (κ1) is 16.9. The van der Waals surface area contributed by atoms with E-state index in [1.807, 2.05) is 0 Å². The van der Waals surface area contributed by atoms with Gasteiger partial charge in [0.2, 0.25) is 10.0 Å². The van der Waals surface area contributed by atoms with Crippen molar-refractivity contribution in [3.05, 3.63) is 0 Å². The number of aliphatic carboxylic acids is 1. The number of carbonyl (C=O) groups excluding carboxylic acids is 1. The van der Waals surface area contributed by atoms with E-state index in [1.165, 1.54) is 14.0 Å². The molecule has 1 unspecified atom stereocenters. The summed E-state index contributed by atoms with van der Waals surface area (Å²) in [4.78, 5) is 21.7. The van der Waals surface area contributed by atoms with Crippen molar-refractivity contribution in [1.29, 1.82) is 0 Å². The van der Waals surface area contributed by atoms with Crippen molar-refractivity contribution in [2.75, 3.05) is 26.0 Å². The van der Waals surface area contributed by atoms with Crippen molar-refractivity contribution in [2.45, 2.75) is 20.3 Å². The molecule has 0 aliphatic rings. The highest BCUT2D eigenvalue weighted by Gasteiger charge is 2.23. The maximum atomic E-state index is 11.7. The molecule has 0 fully saturated rings. The Morgan fingerprint density at radius 1 is 1.39 bits per heavy atom. The fourth-order valence-corrected chi connectivity index (χ4v) is 2.37. The van der Waals surface area contributed by atoms with Crippen LogP contribution in [0.5, 0.6) is 0 Å². The maximum absolute atomic E-state index is 11.7. The van der Waals surface area contributed by atoms with Crippen LogP contribution in [0.1, 0.15) is 20.3 Å². The standard InChI is InChI=1S/C10H19NO6S/c1-4-17-9(12)5-6-18(15,16)11(3)7-8(2)10(13)14/h8H,4-7H2,1-3H3,(H,13,14). The summed E-state index contributed by atoms with van der Waals surface area (Å²) in [6.45, 7) is 3.12. The number of hydrogen-bond acceptors (Lipinski definition) is 5. The summed E-state index contributed by atoms with van der Waals surface area (Å²) >= 11 is 0. The molecular formula is C10H19NO6S. The summed E-state index contributed by atoms with van der Waals surface area (Å²) in [5.74, 6) is -2.83. The molecule has 106 valence electrons. The molecule has 7 nitrogen and oxygen atoms in total. The summed E-state index contributed by atoms with van der Waals surface area (Å²) in [6, 6.07) is 0. The van der Waals surface area contributed by atoms with Gasteiger partial charge in [-0.25, -0.2) is 12.7 Å². The SMILES string of the molecule is CCOC(=O)CCS(=O)(=O)N(C)CC(C)C(=O)O. The lowest BCUT2D eigenvalue weighted by Crippen LogP contribution is -2.35. The van der Waals surface area contributed by atoms with Crippen LogP contribution in [0.3, 0.4) is 0 Å². The number of nitrogens with zero attached hydrogens (tertiary/aromatic N) is 1. The smallest absolute Gasteiger partial charge is 0.307 e. The third-order valence-corrected chi connectivity index (χ3v) is 4.12. The molecule has 0 heterocycles. The van der Waals surface area contributed by atoms with Crippen LogP contribution < -0.4 is 0 Å². The van der Waals surface area contributed by atoms with E-state index in [0.717, 1.165) is 4.31 Å². The summed E-state index contributed by atoms with van der Waals surface area (Å²) in [7, 11) is -2.34. The zero-order chi connectivity index (χ0) is 14.3. The summed E-state index contributed by atoms with van der Waals surface area (Å²) < 4.78 is 29.0. The summed E-state index contributed by atoms with van der Waals surface area (Å²) in [6.07, 6.45) is -0.234. The Morgan fingerprint density at radius 2 is 1.94 bits per heavy atom. The van der Waals surface area contributed by atoms with Crippen LogP contribution in [-0.2, 0) is 24.3 Å². The van der Waals surface area contributed by atoms with Gasteiger partial charge >= 0.3 is 11.9 Å². The van der Waals surface area contributed by atoms with Crippen molar-refractivity contribution in [3.63, 3.8) is 0 Å². The Kier molecular flexibility index (Phi) is 6.85. The predicted molar refractivity (Wildman–Crippen MR) is 64.5 cm³/mol. The molecule has 0 radical (unpaired) electrons. The van der Waals surface area contributed by atoms with E-state index in [1.54, 1.807) is 6.92 Å². The summed E-state index contributed by atoms with van der Waals surface area (Å²) in [5, 5.41) is 8.69. The van der Waals surface area contributed by atoms with Gasteiger partial charge in [0.25, 0.3) is 0 Å². The lowest BCUT2D eigenvalue weighted by molar-refractivity contribution is -0.143. The van der Waals surface area contributed by atoms with Crippen LogP contribution in [0.15, 0.2) is 0 Å². The van der Waals surface area contributed by atoms with Gasteiger partial charge in [0.05, 0.1) is 24.7 Å². The molecule has 0 aromatic heterocycles. The number of carboxylic acids is 1. The molecule has 18 heavy (non-hydrogen) atoms. The normalized spacial score (nSPS) is 13.3. The highest BCUT2D eigenvalue weighted by molar-refractivity contribution is 7.89. The van der Waals surface area contributed by atoms with Crippen LogP contribution in [0.25, 0.3) is 0 Å². The van der Waals surface area contributed by atoms with Crippen LogP contribution in [0.4, 0.5) is 0 Å². The number of esters is 1. The predicted octanol–water partition coefficient (Wildman–Crippen LogP) is -0.0781. The quantitative estimate of drug-likeness (QED) is 0.625. The van der Waals surface area contributed by atoms with Crippen LogP contribution in [0, 0.1) is 5.92 Å². The first-order valence-electron chi connectivity index (χ1n) is 5.53. The maximum Gasteiger partial charge on any atom is 0.307 e. The second-order valence-corrected chi connectivity index (χ2v) is 6.09. The lowest BCUT2D eigenvalue weighted by atomic mass is 10.2. The molecule has 0 amide bonds. The molecule has 1 N–H and O–H groups in total. The number of carboxylic acid groups (broad SMARTS) is 1. The third-order valence-electron chi connectivity index (χ3n) is 2.30. The van der Waals surface area contributed by atoms with Gasteiger partial charge in [-0.15, -0.1) is 0 Å². The molecular weight excluding hydrogens is 262 g/mol. The minimum Gasteiger partial charge on any atom is -0.481 e. The highest BCUT2D eigenvalue weighted by Crippen LogP contribution is 2.06. The topological polar surface area (TPSA) is 101 Å². The Bertz CT molecular complexity index is 391. The molecule has 1 atom stereocenters. The first-order chi connectivity index (χ1) is 8.20. The van der Waals surface area contributed by atoms with Gasteiger partial charge in [0.15, 0.2) is 0 Å². The molecule has 0 bridgehead atoms. The van der Waals surface area contributed by atoms with Gasteiger partial charge in [-0.1, -0.05) is 6.92 Å². The van der Waals surface area contributed by atoms with Gasteiger partial charge in [0.1, 0.15) is 0 Å². The monoisotopic (exact) mass is 281 g/mol. The Labute approximate surface area is 107 Å². The molecule has 0 saturated carbocycles. The fourth-order valence-electron chi connectivity index (χ4n) is 1.18. The van der Waals surface area contributed by atoms with Crippen LogP contribution >= 0.6 is 0 Å². The van der Waals surface area contributed by atoms with Gasteiger partial charge < -0.3 is 9.84 Å². The van der Waals surface area contributed by atoms with Crippen molar-refractivity contribution >= 4 is 22.0 Å². The zero-order valence-corrected chi connectivity index (χ0v) is 11.6. The van der Waals surface area contributed by atoms with E-state index in [0.29, 0.717) is 0 Å². The van der Waals surface area contributed by atoms with E-state index in [4.69, 9.17) is 5.11 Å². The van der Waals surface area contributed by atoms with Crippen molar-refractivity contribution in [3.8, 4) is 0 Å². The van der Waals surface area contributed by atoms with E-state index < -0.39 is 27.9 Å². The lowest BCUT2D eigenvalue weighted by Gasteiger charge is -2.18. The average Bonchev–Trinajstić information content (AvgIpc) is 2.26. The number of sulfonamides is 1. The van der Waals surface area contributed by atoms with Gasteiger partial charge in [0, 0.05) is 13.6 Å². The summed E-state index contributed by atoms with van der Waals surface area (Å²) in [5.41, 5.74) is 0. The molecule has 8 heteroatoms. The zero-order valence-electron chi connectivity index (χ0n) is 10.7. The van der Waals surface area contributed by atoms with E-state index in [9.17, 15) is 18.0 Å². The fraction of sp³-hybridized carbons (Fsp3) is 0.800. The van der Waals surface area contributed by atoms with Crippen LogP contribution in [0.2, 0.25) is 0 Å². The molecule has 0 saturated heterocycles. The average molecular weight is 281 g/mol. The Morgan fingerprint density at radius 3 is 2.39 bits per heavy atom. The molecule has 0 aliphatic carbocycles. The van der Waals surface area contributed by atoms with E-state index >= 15 is 0 Å². The third kappa shape index (κ3) is 5.97. The Balaban J connectivity index is 4.36. The molecule has 0 aromatic rings. The minimum atomic E-state index is -3.63. The van der Waals surface area contributed by atoms with Crippen molar-refractivity contribution in [1.82, 2.24) is 4.31 Å². The molecule has 0 aromatic carbocycles. The van der Waals surface area contributed by atoms with E-state index in [2.05, 4.69) is 4.74 Å². The number of rotatable bonds is 8. The first-order valence-corrected chi connectivity index (χ1v) is 7.14. The van der Waals surface area contributed by atoms with Gasteiger partial charge in [-0.05, 0) is 6.92 Å². The van der Waals surface area contributed by atoms with Crippen LogP contribution in [-0.4, -0.2) is 55.7 Å². The number of hydrogen-bond donors (Lipinski definition) is 1.